The van der Waals surface area contributed by atoms with Gasteiger partial charge in [-0.2, -0.15) is 0 Å². The molecular weight excluding hydrogens is 432 g/mol. The minimum absolute atomic E-state index is 0.201. The van der Waals surface area contributed by atoms with E-state index in [9.17, 15) is 9.59 Å². The molecule has 0 saturated heterocycles. The Morgan fingerprint density at radius 2 is 1.59 bits per heavy atom. The Hall–Kier alpha value is -3.55. The fourth-order valence-corrected chi connectivity index (χ4v) is 3.47. The minimum Gasteiger partial charge on any atom is -0.445 e. The van der Waals surface area contributed by atoms with Gasteiger partial charge in [0.25, 0.3) is 0 Å². The Balaban J connectivity index is 1.66. The largest absolute Gasteiger partial charge is 0.445 e. The summed E-state index contributed by atoms with van der Waals surface area (Å²) in [6.45, 7) is 11.0. The van der Waals surface area contributed by atoms with Gasteiger partial charge in [0.2, 0.25) is 0 Å². The number of aromatic nitrogens is 2. The SMILES string of the molecule is CC(C)(CNC(=O)OC(C)(C)C)Cn1c(CNC(=O)OCc2ccccc2)nc2ccccc21. The minimum atomic E-state index is -0.553. The number of benzene rings is 2. The number of hydrogen-bond donors (Lipinski definition) is 2. The Morgan fingerprint density at radius 3 is 2.29 bits per heavy atom. The van der Waals surface area contributed by atoms with E-state index in [1.54, 1.807) is 0 Å². The van der Waals surface area contributed by atoms with Gasteiger partial charge in [-0.1, -0.05) is 56.3 Å². The number of amides is 2. The highest BCUT2D eigenvalue weighted by molar-refractivity contribution is 5.76. The van der Waals surface area contributed by atoms with Crippen molar-refractivity contribution < 1.29 is 19.1 Å². The highest BCUT2D eigenvalue weighted by Crippen LogP contribution is 2.24. The van der Waals surface area contributed by atoms with Gasteiger partial charge in [0.15, 0.2) is 0 Å². The summed E-state index contributed by atoms with van der Waals surface area (Å²) in [5.74, 6) is 0.711. The van der Waals surface area contributed by atoms with E-state index in [-0.39, 0.29) is 18.6 Å². The highest BCUT2D eigenvalue weighted by atomic mass is 16.6. The zero-order valence-corrected chi connectivity index (χ0v) is 20.6. The zero-order chi connectivity index (χ0) is 24.8. The molecule has 1 heterocycles. The molecule has 34 heavy (non-hydrogen) atoms. The molecule has 0 fully saturated rings. The lowest BCUT2D eigenvalue weighted by atomic mass is 9.93. The fraction of sp³-hybridized carbons (Fsp3) is 0.423. The molecule has 2 amide bonds. The van der Waals surface area contributed by atoms with E-state index in [1.807, 2.05) is 75.4 Å². The standard InChI is InChI=1S/C26H34N4O4/c1-25(2,3)34-24(32)28-17-26(4,5)18-30-21-14-10-9-13-20(21)29-22(30)15-27-23(31)33-16-19-11-7-6-8-12-19/h6-14H,15-18H2,1-5H3,(H,27,31)(H,28,32). The van der Waals surface area contributed by atoms with Crippen LogP contribution in [0.4, 0.5) is 9.59 Å². The Bertz CT molecular complexity index is 1120. The van der Waals surface area contributed by atoms with E-state index >= 15 is 0 Å². The second kappa shape index (κ2) is 10.6. The quantitative estimate of drug-likeness (QED) is 0.486. The van der Waals surface area contributed by atoms with Crippen LogP contribution in [-0.2, 0) is 29.2 Å². The van der Waals surface area contributed by atoms with Crippen molar-refractivity contribution in [2.24, 2.45) is 5.41 Å². The van der Waals surface area contributed by atoms with Crippen LogP contribution < -0.4 is 10.6 Å². The summed E-state index contributed by atoms with van der Waals surface area (Å²) < 4.78 is 12.7. The van der Waals surface area contributed by atoms with E-state index < -0.39 is 17.8 Å². The summed E-state index contributed by atoms with van der Waals surface area (Å²) in [7, 11) is 0. The summed E-state index contributed by atoms with van der Waals surface area (Å²) in [6.07, 6.45) is -0.951. The van der Waals surface area contributed by atoms with Gasteiger partial charge in [0.1, 0.15) is 18.0 Å². The molecule has 0 aliphatic heterocycles. The summed E-state index contributed by atoms with van der Waals surface area (Å²) in [5.41, 5.74) is 1.87. The lowest BCUT2D eigenvalue weighted by molar-refractivity contribution is 0.0502. The van der Waals surface area contributed by atoms with Crippen molar-refractivity contribution in [3.63, 3.8) is 0 Å². The van der Waals surface area contributed by atoms with Crippen LogP contribution in [0.3, 0.4) is 0 Å². The first-order valence-electron chi connectivity index (χ1n) is 11.4. The van der Waals surface area contributed by atoms with E-state index in [1.165, 1.54) is 0 Å². The number of nitrogens with one attached hydrogen (secondary N) is 2. The average Bonchev–Trinajstić information content (AvgIpc) is 3.11. The molecule has 8 nitrogen and oxygen atoms in total. The molecule has 2 N–H and O–H groups in total. The summed E-state index contributed by atoms with van der Waals surface area (Å²) in [4.78, 5) is 29.1. The summed E-state index contributed by atoms with van der Waals surface area (Å²) in [5, 5.41) is 5.66. The molecule has 0 aliphatic rings. The number of nitrogens with zero attached hydrogens (tertiary/aromatic N) is 2. The van der Waals surface area contributed by atoms with Crippen molar-refractivity contribution in [3.8, 4) is 0 Å². The topological polar surface area (TPSA) is 94.5 Å². The molecule has 8 heteroatoms. The van der Waals surface area contributed by atoms with E-state index in [0.29, 0.717) is 18.9 Å². The van der Waals surface area contributed by atoms with Crippen molar-refractivity contribution in [1.82, 2.24) is 20.2 Å². The number of alkyl carbamates (subject to hydrolysis) is 2. The van der Waals surface area contributed by atoms with Gasteiger partial charge in [0, 0.05) is 18.5 Å². The smallest absolute Gasteiger partial charge is 0.407 e. The van der Waals surface area contributed by atoms with Crippen LogP contribution >= 0.6 is 0 Å². The first-order valence-corrected chi connectivity index (χ1v) is 11.4. The molecule has 2 aromatic carbocycles. The third-order valence-corrected chi connectivity index (χ3v) is 5.03. The number of hydrogen-bond acceptors (Lipinski definition) is 5. The molecule has 182 valence electrons. The molecule has 0 saturated carbocycles. The predicted octanol–water partition coefficient (Wildman–Crippen LogP) is 5.01. The highest BCUT2D eigenvalue weighted by Gasteiger charge is 2.25. The first kappa shape index (κ1) is 25.1. The number of carbonyl (C=O) groups is 2. The van der Waals surface area contributed by atoms with Gasteiger partial charge >= 0.3 is 12.2 Å². The molecule has 3 rings (SSSR count). The van der Waals surface area contributed by atoms with Crippen molar-refractivity contribution in [2.45, 2.75) is 59.9 Å². The van der Waals surface area contributed by atoms with Crippen LogP contribution in [-0.4, -0.2) is 33.9 Å². The number of carbonyl (C=O) groups excluding carboxylic acids is 2. The van der Waals surface area contributed by atoms with Crippen molar-refractivity contribution in [1.29, 1.82) is 0 Å². The lowest BCUT2D eigenvalue weighted by Crippen LogP contribution is -2.40. The maximum Gasteiger partial charge on any atom is 0.407 e. The normalized spacial score (nSPS) is 11.8. The van der Waals surface area contributed by atoms with Crippen LogP contribution in [0.15, 0.2) is 54.6 Å². The molecule has 1 aromatic heterocycles. The zero-order valence-electron chi connectivity index (χ0n) is 20.6. The van der Waals surface area contributed by atoms with Crippen LogP contribution in [0, 0.1) is 5.41 Å². The second-order valence-corrected chi connectivity index (χ2v) is 10.0. The lowest BCUT2D eigenvalue weighted by Gasteiger charge is -2.28. The van der Waals surface area contributed by atoms with Gasteiger partial charge in [-0.05, 0) is 38.5 Å². The fourth-order valence-electron chi connectivity index (χ4n) is 3.47. The van der Waals surface area contributed by atoms with Gasteiger partial charge in [0.05, 0.1) is 17.6 Å². The number of imidazole rings is 1. The Kier molecular flexibility index (Phi) is 7.81. The van der Waals surface area contributed by atoms with Crippen LogP contribution in [0.2, 0.25) is 0 Å². The summed E-state index contributed by atoms with van der Waals surface area (Å²) >= 11 is 0. The first-order chi connectivity index (χ1) is 16.0. The van der Waals surface area contributed by atoms with E-state index in [4.69, 9.17) is 14.5 Å². The summed E-state index contributed by atoms with van der Waals surface area (Å²) in [6, 6.07) is 17.3. The molecule has 0 aliphatic carbocycles. The molecular formula is C26H34N4O4. The van der Waals surface area contributed by atoms with Crippen LogP contribution in [0.5, 0.6) is 0 Å². The molecule has 0 radical (unpaired) electrons. The maximum atomic E-state index is 12.3. The van der Waals surface area contributed by atoms with Crippen molar-refractivity contribution in [2.75, 3.05) is 6.54 Å². The molecule has 0 bridgehead atoms. The molecule has 0 atom stereocenters. The monoisotopic (exact) mass is 466 g/mol. The van der Waals surface area contributed by atoms with Crippen molar-refractivity contribution >= 4 is 23.2 Å². The van der Waals surface area contributed by atoms with E-state index in [0.717, 1.165) is 16.6 Å². The number of ether oxygens (including phenoxy) is 2. The molecule has 0 unspecified atom stereocenters. The number of rotatable bonds is 8. The molecule has 3 aromatic rings. The molecule has 0 spiro atoms. The van der Waals surface area contributed by atoms with Crippen molar-refractivity contribution in [3.05, 3.63) is 66.0 Å². The predicted molar refractivity (Wildman–Crippen MR) is 131 cm³/mol. The average molecular weight is 467 g/mol. The van der Waals surface area contributed by atoms with Crippen LogP contribution in [0.25, 0.3) is 11.0 Å². The van der Waals surface area contributed by atoms with Gasteiger partial charge in [-0.25, -0.2) is 14.6 Å². The number of para-hydroxylation sites is 2. The Morgan fingerprint density at radius 1 is 0.912 bits per heavy atom. The third-order valence-electron chi connectivity index (χ3n) is 5.03. The van der Waals surface area contributed by atoms with Crippen LogP contribution in [0.1, 0.15) is 46.0 Å². The van der Waals surface area contributed by atoms with Gasteiger partial charge < -0.3 is 24.7 Å². The van der Waals surface area contributed by atoms with E-state index in [2.05, 4.69) is 29.0 Å². The van der Waals surface area contributed by atoms with Gasteiger partial charge in [-0.3, -0.25) is 0 Å². The Labute approximate surface area is 200 Å². The third kappa shape index (κ3) is 7.50. The van der Waals surface area contributed by atoms with Gasteiger partial charge in [-0.15, -0.1) is 0 Å². The maximum absolute atomic E-state index is 12.3. The number of fused-ring (bicyclic) bond motifs is 1. The second-order valence-electron chi connectivity index (χ2n) is 10.0.